The molecule has 5 atom stereocenters. The molecule has 14 heteroatoms. The molecular weight excluding hydrogens is 951 g/mol. The fraction of sp³-hybridized carbons (Fsp3) is 0.517. The fourth-order valence-electron chi connectivity index (χ4n) is 10.4. The van der Waals surface area contributed by atoms with E-state index in [9.17, 15) is 15.2 Å². The number of amides is 1. The average Bonchev–Trinajstić information content (AvgIpc) is 3.67. The van der Waals surface area contributed by atoms with Gasteiger partial charge in [0.2, 0.25) is 0 Å². The Labute approximate surface area is 434 Å². The number of hydrogen-bond acceptors (Lipinski definition) is 10. The summed E-state index contributed by atoms with van der Waals surface area (Å²) in [5, 5.41) is 27.8. The lowest BCUT2D eigenvalue weighted by Crippen LogP contribution is -2.62. The van der Waals surface area contributed by atoms with Crippen molar-refractivity contribution in [3.8, 4) is 34.4 Å². The van der Waals surface area contributed by atoms with Gasteiger partial charge in [-0.3, -0.25) is 4.90 Å². The summed E-state index contributed by atoms with van der Waals surface area (Å²) < 4.78 is 40.5. The Bertz CT molecular complexity index is 2480. The van der Waals surface area contributed by atoms with Crippen molar-refractivity contribution in [1.82, 2.24) is 10.2 Å². The Morgan fingerprint density at radius 1 is 0.819 bits per heavy atom. The number of hydrogen-bond donors (Lipinski definition) is 2. The Morgan fingerprint density at radius 2 is 1.40 bits per heavy atom. The summed E-state index contributed by atoms with van der Waals surface area (Å²) in [5.41, 5.74) is 7.31. The molecule has 0 unspecified atom stereocenters. The quantitative estimate of drug-likeness (QED) is 0.0547. The lowest BCUT2D eigenvalue weighted by atomic mass is 9.81. The first-order valence-electron chi connectivity index (χ1n) is 26.0. The first-order valence-corrected chi connectivity index (χ1v) is 35.2. The number of benzene rings is 4. The Balaban J connectivity index is 1.55. The normalized spacial score (nSPS) is 18.2. The van der Waals surface area contributed by atoms with E-state index in [0.717, 1.165) is 52.0 Å². The Hall–Kier alpha value is -4.73. The van der Waals surface area contributed by atoms with Crippen LogP contribution in [0, 0.1) is 18.3 Å². The molecule has 1 heterocycles. The zero-order chi connectivity index (χ0) is 52.6. The number of alkyl carbamates (subject to hydrolysis) is 1. The van der Waals surface area contributed by atoms with Gasteiger partial charge in [0.15, 0.2) is 28.1 Å². The summed E-state index contributed by atoms with van der Waals surface area (Å²) >= 11 is 0. The van der Waals surface area contributed by atoms with Crippen LogP contribution in [0.25, 0.3) is 11.1 Å². The van der Waals surface area contributed by atoms with Crippen molar-refractivity contribution in [2.75, 3.05) is 34.0 Å². The van der Waals surface area contributed by atoms with Crippen molar-refractivity contribution in [3.63, 3.8) is 0 Å². The molecule has 1 aliphatic carbocycles. The molecule has 0 saturated carbocycles. The molecular formula is C58H83N3O8Si3. The number of nitriles is 1. The molecule has 11 nitrogen and oxygen atoms in total. The molecule has 0 radical (unpaired) electrons. The van der Waals surface area contributed by atoms with Gasteiger partial charge in [-0.1, -0.05) is 152 Å². The Kier molecular flexibility index (Phi) is 18.9. The van der Waals surface area contributed by atoms with E-state index in [4.69, 9.17) is 27.8 Å². The van der Waals surface area contributed by atoms with Crippen molar-refractivity contribution in [2.45, 2.75) is 160 Å². The topological polar surface area (TPSA) is 132 Å². The Morgan fingerprint density at radius 3 is 1.94 bits per heavy atom. The maximum Gasteiger partial charge on any atom is 0.407 e. The summed E-state index contributed by atoms with van der Waals surface area (Å²) in [4.78, 5) is 16.7. The minimum absolute atomic E-state index is 0.0628. The second-order valence-corrected chi connectivity index (χ2v) is 37.4. The first kappa shape index (κ1) is 56.6. The van der Waals surface area contributed by atoms with Gasteiger partial charge in [0, 0.05) is 30.7 Å². The van der Waals surface area contributed by atoms with E-state index in [0.29, 0.717) is 28.9 Å². The highest BCUT2D eigenvalue weighted by atomic mass is 28.4. The maximum atomic E-state index is 14.6. The number of methoxy groups -OCH3 is 2. The summed E-state index contributed by atoms with van der Waals surface area (Å²) in [7, 11) is -3.30. The molecule has 1 amide bonds. The average molecular weight is 1030 g/mol. The molecule has 390 valence electrons. The second-order valence-electron chi connectivity index (χ2n) is 22.4. The molecule has 2 N–H and O–H groups in total. The first-order chi connectivity index (χ1) is 34.2. The maximum absolute atomic E-state index is 14.6. The minimum Gasteiger partial charge on any atom is -0.504 e. The third kappa shape index (κ3) is 12.4. The molecule has 6 rings (SSSR count). The monoisotopic (exact) mass is 1030 g/mol. The lowest BCUT2D eigenvalue weighted by Gasteiger charge is -2.53. The van der Waals surface area contributed by atoms with Crippen LogP contribution in [0.3, 0.4) is 0 Å². The highest BCUT2D eigenvalue weighted by Crippen LogP contribution is 2.57. The van der Waals surface area contributed by atoms with Gasteiger partial charge in [0.1, 0.15) is 18.4 Å². The molecule has 4 aromatic rings. The van der Waals surface area contributed by atoms with Crippen LogP contribution in [0.2, 0.25) is 61.9 Å². The van der Waals surface area contributed by atoms with Crippen molar-refractivity contribution < 1.29 is 37.7 Å². The van der Waals surface area contributed by atoms with Gasteiger partial charge in [0.25, 0.3) is 0 Å². The summed E-state index contributed by atoms with van der Waals surface area (Å²) in [6.45, 7) is 27.3. The number of phenols is 1. The number of ether oxygens (including phenoxy) is 4. The van der Waals surface area contributed by atoms with E-state index < -0.39 is 61.1 Å². The van der Waals surface area contributed by atoms with Crippen LogP contribution in [-0.4, -0.2) is 93.0 Å². The van der Waals surface area contributed by atoms with Crippen molar-refractivity contribution >= 4 is 30.8 Å². The number of nitrogens with one attached hydrogen (secondary N) is 1. The van der Waals surface area contributed by atoms with Crippen LogP contribution in [0.4, 0.5) is 4.79 Å². The fourth-order valence-corrected chi connectivity index (χ4v) is 15.1. The SMILES string of the molecule is CC[Si](CC)(CC)OC[C@@H]1[C@H](O[Si](C)(C)C(C)(C)C)c2c(OC)c(C)c(OC)c(O)c2[C@H](COCc2ccccc2)N1[C@H](C#N)[C@H](C/C=C/C[Si](C)(C)C)NC(=O)OCC1c2ccccc2-c2ccccc21. The zero-order valence-electron chi connectivity index (χ0n) is 45.7. The van der Waals surface area contributed by atoms with Crippen LogP contribution in [-0.2, 0) is 24.9 Å². The number of rotatable bonds is 23. The number of phenolic OH excluding ortho intramolecular Hbond substituents is 1. The molecule has 0 saturated heterocycles. The van der Waals surface area contributed by atoms with Gasteiger partial charge in [0.05, 0.1) is 64.3 Å². The number of nitrogens with zero attached hydrogens (tertiary/aromatic N) is 2. The standard InChI is InChI=1S/C58H83N3O8Si3/c1-15-72(16-2,17-3)68-39-50-56(69-71(13,14)58(5,6)7)52-51(53(62)55(65-9)40(4)54(52)64-8)49(38-66-36-41-27-19-18-20-28-41)61(50)48(35-59)47(33-25-26-34-70(10,11)12)60-57(63)67-37-46-44-31-23-21-29-42(44)43-30-22-24-32-45(43)46/h18-32,46-50,56,62H,15-17,33-34,36-39H2,1-14H3,(H,60,63)/b26-25+/t47-,48+,49-,50+,56-/m0/s1. The van der Waals surface area contributed by atoms with Crippen LogP contribution >= 0.6 is 0 Å². The third-order valence-corrected chi connectivity index (χ3v) is 26.2. The lowest BCUT2D eigenvalue weighted by molar-refractivity contribution is -0.0611. The van der Waals surface area contributed by atoms with Gasteiger partial charge < -0.3 is 38.2 Å². The number of aromatic hydroxyl groups is 1. The van der Waals surface area contributed by atoms with Crippen LogP contribution in [0.5, 0.6) is 17.2 Å². The highest BCUT2D eigenvalue weighted by Gasteiger charge is 2.54. The van der Waals surface area contributed by atoms with E-state index in [1.54, 1.807) is 14.2 Å². The van der Waals surface area contributed by atoms with Gasteiger partial charge in [-0.25, -0.2) is 4.79 Å². The second kappa shape index (κ2) is 24.1. The number of carbonyl (C=O) groups is 1. The molecule has 0 fully saturated rings. The van der Waals surface area contributed by atoms with Crippen molar-refractivity contribution in [1.29, 1.82) is 5.26 Å². The number of allylic oxidation sites excluding steroid dienone is 1. The molecule has 0 aromatic heterocycles. The molecule has 1 aliphatic heterocycles. The summed E-state index contributed by atoms with van der Waals surface area (Å²) in [5.74, 6) is 0.590. The smallest absolute Gasteiger partial charge is 0.407 e. The van der Waals surface area contributed by atoms with Crippen molar-refractivity contribution in [3.05, 3.63) is 124 Å². The summed E-state index contributed by atoms with van der Waals surface area (Å²) in [6.07, 6.45) is 3.26. The number of fused-ring (bicyclic) bond motifs is 4. The minimum atomic E-state index is -2.68. The van der Waals surface area contributed by atoms with E-state index in [2.05, 4.69) is 127 Å². The predicted molar refractivity (Wildman–Crippen MR) is 298 cm³/mol. The van der Waals surface area contributed by atoms with E-state index >= 15 is 0 Å². The van der Waals surface area contributed by atoms with Crippen molar-refractivity contribution in [2.24, 2.45) is 0 Å². The molecule has 72 heavy (non-hydrogen) atoms. The largest absolute Gasteiger partial charge is 0.504 e. The van der Waals surface area contributed by atoms with E-state index in [1.165, 1.54) is 0 Å². The zero-order valence-corrected chi connectivity index (χ0v) is 48.7. The van der Waals surface area contributed by atoms with Crippen LogP contribution < -0.4 is 14.8 Å². The van der Waals surface area contributed by atoms with Gasteiger partial charge >= 0.3 is 6.09 Å². The van der Waals surface area contributed by atoms with E-state index in [-0.39, 0.29) is 48.9 Å². The van der Waals surface area contributed by atoms with Gasteiger partial charge in [-0.05, 0) is 83.5 Å². The van der Waals surface area contributed by atoms with Crippen LogP contribution in [0.15, 0.2) is 91.0 Å². The van der Waals surface area contributed by atoms with Gasteiger partial charge in [-0.2, -0.15) is 5.26 Å². The van der Waals surface area contributed by atoms with Gasteiger partial charge in [-0.15, -0.1) is 0 Å². The molecule has 0 bridgehead atoms. The third-order valence-electron chi connectivity index (χ3n) is 15.7. The van der Waals surface area contributed by atoms with Crippen LogP contribution in [0.1, 0.15) is 99.4 Å². The molecule has 0 spiro atoms. The van der Waals surface area contributed by atoms with E-state index in [1.807, 2.05) is 61.5 Å². The number of carbonyl (C=O) groups excluding carboxylic acids is 1. The molecule has 4 aromatic carbocycles. The summed E-state index contributed by atoms with van der Waals surface area (Å²) in [6, 6.07) is 29.7. The predicted octanol–water partition coefficient (Wildman–Crippen LogP) is 13.8. The molecule has 2 aliphatic rings. The highest BCUT2D eigenvalue weighted by molar-refractivity contribution is 6.76.